The highest BCUT2D eigenvalue weighted by Gasteiger charge is 2.23. The highest BCUT2D eigenvalue weighted by Crippen LogP contribution is 2.42. The Bertz CT molecular complexity index is 110. The average molecular weight is 179 g/mol. The molecule has 0 aromatic carbocycles. The molecule has 0 spiro atoms. The standard InChI is InChI=1S/C8H21NOS/c1-7(2)9(8(3)4)11(5,6)10/h7-8,10H,1-6H3. The Morgan fingerprint density at radius 2 is 1.27 bits per heavy atom. The second-order valence-electron chi connectivity index (χ2n) is 3.77. The zero-order chi connectivity index (χ0) is 9.23. The van der Waals surface area contributed by atoms with Gasteiger partial charge in [0.1, 0.15) is 0 Å². The van der Waals surface area contributed by atoms with Gasteiger partial charge in [-0.15, -0.1) is 0 Å². The van der Waals surface area contributed by atoms with Gasteiger partial charge in [-0.1, -0.05) is 10.5 Å². The van der Waals surface area contributed by atoms with Gasteiger partial charge in [0.2, 0.25) is 0 Å². The summed E-state index contributed by atoms with van der Waals surface area (Å²) in [7, 11) is -1.53. The minimum atomic E-state index is -1.53. The first kappa shape index (κ1) is 11.3. The average Bonchev–Trinajstić information content (AvgIpc) is 1.54. The molecular formula is C8H21NOS. The Kier molecular flexibility index (Phi) is 3.88. The van der Waals surface area contributed by atoms with E-state index in [9.17, 15) is 4.55 Å². The Hall–Kier alpha value is 0.270. The second kappa shape index (κ2) is 3.78. The molecule has 0 radical (unpaired) electrons. The van der Waals surface area contributed by atoms with Gasteiger partial charge in [-0.25, -0.2) is 4.31 Å². The third-order valence-electron chi connectivity index (χ3n) is 1.53. The van der Waals surface area contributed by atoms with Crippen LogP contribution in [0.1, 0.15) is 27.7 Å². The van der Waals surface area contributed by atoms with Crippen LogP contribution in [0.4, 0.5) is 0 Å². The van der Waals surface area contributed by atoms with Gasteiger partial charge in [-0.05, 0) is 40.2 Å². The SMILES string of the molecule is CC(C)N(C(C)C)S(C)(C)O. The van der Waals surface area contributed by atoms with Gasteiger partial charge in [0, 0.05) is 12.1 Å². The van der Waals surface area contributed by atoms with Crippen molar-refractivity contribution in [3.63, 3.8) is 0 Å². The summed E-state index contributed by atoms with van der Waals surface area (Å²) in [6, 6.07) is 0.843. The summed E-state index contributed by atoms with van der Waals surface area (Å²) >= 11 is 0. The van der Waals surface area contributed by atoms with Gasteiger partial charge in [0.15, 0.2) is 0 Å². The van der Waals surface area contributed by atoms with Crippen molar-refractivity contribution in [3.05, 3.63) is 0 Å². The van der Waals surface area contributed by atoms with Crippen LogP contribution in [0.3, 0.4) is 0 Å². The molecule has 70 valence electrons. The smallest absolute Gasteiger partial charge is 0.0152 e. The summed E-state index contributed by atoms with van der Waals surface area (Å²) in [6.45, 7) is 8.46. The molecule has 1 N–H and O–H groups in total. The lowest BCUT2D eigenvalue weighted by Crippen LogP contribution is -2.38. The van der Waals surface area contributed by atoms with Crippen LogP contribution < -0.4 is 0 Å². The van der Waals surface area contributed by atoms with Crippen LogP contribution in [-0.4, -0.2) is 33.5 Å². The zero-order valence-corrected chi connectivity index (χ0v) is 9.27. The predicted octanol–water partition coefficient (Wildman–Crippen LogP) is 2.56. The molecule has 0 heterocycles. The van der Waals surface area contributed by atoms with Gasteiger partial charge in [-0.2, -0.15) is 0 Å². The number of nitrogens with zero attached hydrogens (tertiary/aromatic N) is 1. The summed E-state index contributed by atoms with van der Waals surface area (Å²) < 4.78 is 12.0. The molecule has 2 nitrogen and oxygen atoms in total. The molecule has 0 aliphatic carbocycles. The minimum absolute atomic E-state index is 0.421. The van der Waals surface area contributed by atoms with Gasteiger partial charge in [0.05, 0.1) is 0 Å². The first-order chi connectivity index (χ1) is 4.76. The lowest BCUT2D eigenvalue weighted by molar-refractivity contribution is 0.304. The Labute approximate surface area is 72.3 Å². The zero-order valence-electron chi connectivity index (χ0n) is 8.46. The summed E-state index contributed by atoms with van der Waals surface area (Å²) in [6.07, 6.45) is 3.82. The molecule has 0 saturated heterocycles. The van der Waals surface area contributed by atoms with Crippen molar-refractivity contribution in [1.29, 1.82) is 0 Å². The fourth-order valence-corrected chi connectivity index (χ4v) is 3.69. The largest absolute Gasteiger partial charge is 0.339 e. The Balaban J connectivity index is 4.35. The third kappa shape index (κ3) is 3.45. The van der Waals surface area contributed by atoms with Gasteiger partial charge >= 0.3 is 0 Å². The van der Waals surface area contributed by atoms with Crippen molar-refractivity contribution in [1.82, 2.24) is 4.31 Å². The van der Waals surface area contributed by atoms with E-state index in [2.05, 4.69) is 32.0 Å². The van der Waals surface area contributed by atoms with Crippen LogP contribution in [0.15, 0.2) is 0 Å². The molecule has 0 aliphatic heterocycles. The van der Waals surface area contributed by atoms with Crippen molar-refractivity contribution >= 4 is 10.5 Å². The van der Waals surface area contributed by atoms with E-state index in [4.69, 9.17) is 0 Å². The maximum atomic E-state index is 9.83. The molecule has 0 aromatic rings. The topological polar surface area (TPSA) is 23.5 Å². The third-order valence-corrected chi connectivity index (χ3v) is 3.41. The number of hydrogen-bond donors (Lipinski definition) is 1. The first-order valence-corrected chi connectivity index (χ1v) is 6.37. The number of hydrogen-bond acceptors (Lipinski definition) is 2. The molecule has 0 rings (SSSR count). The molecule has 3 heteroatoms. The molecule has 0 atom stereocenters. The van der Waals surface area contributed by atoms with Crippen molar-refractivity contribution < 1.29 is 4.55 Å². The van der Waals surface area contributed by atoms with Crippen LogP contribution >= 0.6 is 10.5 Å². The van der Waals surface area contributed by atoms with E-state index in [1.54, 1.807) is 0 Å². The lowest BCUT2D eigenvalue weighted by Gasteiger charge is -2.43. The van der Waals surface area contributed by atoms with Crippen molar-refractivity contribution in [2.24, 2.45) is 0 Å². The highest BCUT2D eigenvalue weighted by atomic mass is 32.3. The molecule has 11 heavy (non-hydrogen) atoms. The molecule has 0 amide bonds. The monoisotopic (exact) mass is 179 g/mol. The molecule has 0 aliphatic rings. The Morgan fingerprint density at radius 3 is 1.27 bits per heavy atom. The predicted molar refractivity (Wildman–Crippen MR) is 54.2 cm³/mol. The van der Waals surface area contributed by atoms with E-state index in [0.29, 0.717) is 12.1 Å². The van der Waals surface area contributed by atoms with Crippen molar-refractivity contribution in [2.75, 3.05) is 12.5 Å². The van der Waals surface area contributed by atoms with E-state index in [0.717, 1.165) is 0 Å². The van der Waals surface area contributed by atoms with Crippen molar-refractivity contribution in [2.45, 2.75) is 39.8 Å². The maximum Gasteiger partial charge on any atom is 0.0152 e. The van der Waals surface area contributed by atoms with Gasteiger partial charge in [0.25, 0.3) is 0 Å². The molecular weight excluding hydrogens is 158 g/mol. The second-order valence-corrected chi connectivity index (χ2v) is 6.63. The van der Waals surface area contributed by atoms with E-state index in [1.165, 1.54) is 0 Å². The van der Waals surface area contributed by atoms with E-state index in [-0.39, 0.29) is 0 Å². The fraction of sp³-hybridized carbons (Fsp3) is 1.00. The molecule has 0 saturated carbocycles. The maximum absolute atomic E-state index is 9.83. The first-order valence-electron chi connectivity index (χ1n) is 4.01. The van der Waals surface area contributed by atoms with E-state index >= 15 is 0 Å². The lowest BCUT2D eigenvalue weighted by atomic mass is 10.3. The quantitative estimate of drug-likeness (QED) is 0.719. The summed E-state index contributed by atoms with van der Waals surface area (Å²) in [5.74, 6) is 0. The normalized spacial score (nSPS) is 15.1. The van der Waals surface area contributed by atoms with Gasteiger partial charge < -0.3 is 4.55 Å². The summed E-state index contributed by atoms with van der Waals surface area (Å²) in [5, 5.41) is 0. The van der Waals surface area contributed by atoms with E-state index in [1.807, 2.05) is 12.5 Å². The molecule has 0 aromatic heterocycles. The van der Waals surface area contributed by atoms with Crippen molar-refractivity contribution in [3.8, 4) is 0 Å². The van der Waals surface area contributed by atoms with Crippen LogP contribution in [0.25, 0.3) is 0 Å². The molecule has 0 unspecified atom stereocenters. The summed E-state index contributed by atoms with van der Waals surface area (Å²) in [5.41, 5.74) is 0. The van der Waals surface area contributed by atoms with Gasteiger partial charge in [-0.3, -0.25) is 0 Å². The Morgan fingerprint density at radius 1 is 1.00 bits per heavy atom. The van der Waals surface area contributed by atoms with Crippen LogP contribution in [0.2, 0.25) is 0 Å². The van der Waals surface area contributed by atoms with Crippen LogP contribution in [0, 0.1) is 0 Å². The fourth-order valence-electron chi connectivity index (χ4n) is 1.63. The highest BCUT2D eigenvalue weighted by molar-refractivity contribution is 8.26. The molecule has 0 fully saturated rings. The molecule has 0 bridgehead atoms. The number of rotatable bonds is 3. The van der Waals surface area contributed by atoms with E-state index < -0.39 is 10.5 Å². The minimum Gasteiger partial charge on any atom is -0.339 e. The summed E-state index contributed by atoms with van der Waals surface area (Å²) in [4.78, 5) is 0. The van der Waals surface area contributed by atoms with Crippen LogP contribution in [-0.2, 0) is 0 Å². The van der Waals surface area contributed by atoms with Crippen LogP contribution in [0.5, 0.6) is 0 Å².